The van der Waals surface area contributed by atoms with Gasteiger partial charge in [0.25, 0.3) is 5.91 Å². The van der Waals surface area contributed by atoms with Crippen LogP contribution in [0.15, 0.2) is 84.4 Å². The van der Waals surface area contributed by atoms with E-state index in [0.717, 1.165) is 16.7 Å². The van der Waals surface area contributed by atoms with Crippen molar-refractivity contribution in [2.75, 3.05) is 11.9 Å². The third-order valence-corrected chi connectivity index (χ3v) is 6.86. The largest absolute Gasteiger partial charge is 0.490 e. The predicted molar refractivity (Wildman–Crippen MR) is 168 cm³/mol. The summed E-state index contributed by atoms with van der Waals surface area (Å²) in [7, 11) is 0. The fourth-order valence-corrected chi connectivity index (χ4v) is 4.72. The van der Waals surface area contributed by atoms with Crippen LogP contribution >= 0.6 is 34.8 Å². The van der Waals surface area contributed by atoms with Crippen LogP contribution in [0, 0.1) is 18.3 Å². The molecule has 42 heavy (non-hydrogen) atoms. The zero-order valence-corrected chi connectivity index (χ0v) is 25.2. The van der Waals surface area contributed by atoms with Crippen molar-refractivity contribution in [3.05, 3.63) is 122 Å². The summed E-state index contributed by atoms with van der Waals surface area (Å²) in [6.45, 7) is 4.79. The molecule has 0 unspecified atom stereocenters. The number of halogens is 3. The molecule has 0 aliphatic rings. The number of amides is 1. The molecule has 4 rings (SSSR count). The first-order valence-corrected chi connectivity index (χ1v) is 14.1. The lowest BCUT2D eigenvalue weighted by atomic mass is 10.1. The summed E-state index contributed by atoms with van der Waals surface area (Å²) in [5.41, 5.74) is 3.80. The summed E-state index contributed by atoms with van der Waals surface area (Å²) >= 11 is 18.7. The van der Waals surface area contributed by atoms with Crippen LogP contribution in [-0.2, 0) is 18.0 Å². The molecule has 0 atom stereocenters. The standard InChI is InChI=1S/C33H27Cl3N2O4/c1-3-40-31-16-23(15-30(36)32(31)42-19-22-6-4-5-21(2)13-22)14-25(18-37)33(39)38-27-9-11-28(12-10-27)41-20-24-7-8-26(34)17-29(24)35/h4-17H,3,19-20H2,1-2H3,(H,38,39)/b25-14+. The van der Waals surface area contributed by atoms with Gasteiger partial charge in [0.1, 0.15) is 30.6 Å². The van der Waals surface area contributed by atoms with Gasteiger partial charge in [0.2, 0.25) is 0 Å². The predicted octanol–water partition coefficient (Wildman–Crippen LogP) is 9.06. The van der Waals surface area contributed by atoms with Gasteiger partial charge in [0, 0.05) is 21.3 Å². The minimum absolute atomic E-state index is 0.111. The molecule has 0 radical (unpaired) electrons. The number of rotatable bonds is 11. The summed E-state index contributed by atoms with van der Waals surface area (Å²) in [6, 6.07) is 25.2. The van der Waals surface area contributed by atoms with Crippen molar-refractivity contribution in [1.82, 2.24) is 0 Å². The summed E-state index contributed by atoms with van der Waals surface area (Å²) in [6.07, 6.45) is 1.45. The lowest BCUT2D eigenvalue weighted by molar-refractivity contribution is -0.112. The number of benzene rings is 4. The average molecular weight is 622 g/mol. The summed E-state index contributed by atoms with van der Waals surface area (Å²) in [5.74, 6) is 0.809. The molecule has 0 heterocycles. The minimum Gasteiger partial charge on any atom is -0.490 e. The molecule has 1 N–H and O–H groups in total. The number of nitrogens with zero attached hydrogens (tertiary/aromatic N) is 1. The van der Waals surface area contributed by atoms with E-state index in [1.54, 1.807) is 54.6 Å². The van der Waals surface area contributed by atoms with Crippen LogP contribution in [0.2, 0.25) is 15.1 Å². The maximum Gasteiger partial charge on any atom is 0.266 e. The molecule has 6 nitrogen and oxygen atoms in total. The molecule has 214 valence electrons. The molecule has 0 fully saturated rings. The Labute approximate surface area is 260 Å². The Kier molecular flexibility index (Phi) is 10.7. The van der Waals surface area contributed by atoms with E-state index < -0.39 is 5.91 Å². The third-order valence-electron chi connectivity index (χ3n) is 6.00. The second-order valence-corrected chi connectivity index (χ2v) is 10.5. The van der Waals surface area contributed by atoms with Crippen LogP contribution in [0.5, 0.6) is 17.2 Å². The topological polar surface area (TPSA) is 80.6 Å². The van der Waals surface area contributed by atoms with Gasteiger partial charge in [0.05, 0.1) is 11.6 Å². The first-order chi connectivity index (χ1) is 20.2. The highest BCUT2D eigenvalue weighted by Crippen LogP contribution is 2.38. The molecule has 0 bridgehead atoms. The molecule has 1 amide bonds. The first kappa shape index (κ1) is 30.8. The number of anilines is 1. The summed E-state index contributed by atoms with van der Waals surface area (Å²) in [4.78, 5) is 12.9. The van der Waals surface area contributed by atoms with Gasteiger partial charge in [-0.1, -0.05) is 70.7 Å². The number of hydrogen-bond acceptors (Lipinski definition) is 5. The van der Waals surface area contributed by atoms with Crippen LogP contribution < -0.4 is 19.5 Å². The van der Waals surface area contributed by atoms with E-state index >= 15 is 0 Å². The van der Waals surface area contributed by atoms with Crippen molar-refractivity contribution in [3.8, 4) is 23.3 Å². The van der Waals surface area contributed by atoms with Gasteiger partial charge >= 0.3 is 0 Å². The second kappa shape index (κ2) is 14.7. The quantitative estimate of drug-likeness (QED) is 0.133. The fourth-order valence-electron chi connectivity index (χ4n) is 3.98. The number of carbonyl (C=O) groups excluding carboxylic acids is 1. The van der Waals surface area contributed by atoms with Crippen LogP contribution in [0.4, 0.5) is 5.69 Å². The molecule has 0 aliphatic carbocycles. The molecular weight excluding hydrogens is 595 g/mol. The van der Waals surface area contributed by atoms with Crippen LogP contribution in [-0.4, -0.2) is 12.5 Å². The van der Waals surface area contributed by atoms with E-state index in [9.17, 15) is 10.1 Å². The van der Waals surface area contributed by atoms with Gasteiger partial charge < -0.3 is 19.5 Å². The highest BCUT2D eigenvalue weighted by molar-refractivity contribution is 6.35. The maximum atomic E-state index is 12.9. The first-order valence-electron chi connectivity index (χ1n) is 13.0. The molecule has 0 aromatic heterocycles. The van der Waals surface area contributed by atoms with Gasteiger partial charge in [-0.2, -0.15) is 5.26 Å². The molecule has 0 aliphatic heterocycles. The van der Waals surface area contributed by atoms with E-state index in [1.165, 1.54) is 6.08 Å². The number of nitriles is 1. The molecule has 9 heteroatoms. The Morgan fingerprint density at radius 1 is 0.905 bits per heavy atom. The Morgan fingerprint density at radius 2 is 1.69 bits per heavy atom. The number of ether oxygens (including phenoxy) is 3. The van der Waals surface area contributed by atoms with Gasteiger partial charge in [-0.25, -0.2) is 0 Å². The van der Waals surface area contributed by atoms with Crippen LogP contribution in [0.1, 0.15) is 29.2 Å². The lowest BCUT2D eigenvalue weighted by Crippen LogP contribution is -2.13. The molecule has 4 aromatic rings. The fraction of sp³-hybridized carbons (Fsp3) is 0.152. The normalized spacial score (nSPS) is 11.0. The van der Waals surface area contributed by atoms with Crippen molar-refractivity contribution in [1.29, 1.82) is 5.26 Å². The second-order valence-electron chi connectivity index (χ2n) is 9.21. The smallest absolute Gasteiger partial charge is 0.266 e. The van der Waals surface area contributed by atoms with E-state index in [-0.39, 0.29) is 12.2 Å². The van der Waals surface area contributed by atoms with Gasteiger partial charge in [-0.3, -0.25) is 4.79 Å². The molecule has 0 saturated carbocycles. The molecule has 4 aromatic carbocycles. The highest BCUT2D eigenvalue weighted by atomic mass is 35.5. The SMILES string of the molecule is CCOc1cc(/C=C(\C#N)C(=O)Nc2ccc(OCc3ccc(Cl)cc3Cl)cc2)cc(Cl)c1OCc1cccc(C)c1. The minimum atomic E-state index is -0.576. The number of carbonyl (C=O) groups is 1. The maximum absolute atomic E-state index is 12.9. The molecule has 0 spiro atoms. The Hall–Kier alpha value is -4.15. The van der Waals surface area contributed by atoms with Gasteiger partial charge in [-0.05, 0) is 79.6 Å². The van der Waals surface area contributed by atoms with Crippen molar-refractivity contribution in [2.45, 2.75) is 27.1 Å². The van der Waals surface area contributed by atoms with E-state index in [0.29, 0.717) is 56.8 Å². The zero-order valence-electron chi connectivity index (χ0n) is 22.9. The van der Waals surface area contributed by atoms with E-state index in [2.05, 4.69) is 5.32 Å². The number of hydrogen-bond donors (Lipinski definition) is 1. The van der Waals surface area contributed by atoms with Crippen molar-refractivity contribution < 1.29 is 19.0 Å². The lowest BCUT2D eigenvalue weighted by Gasteiger charge is -2.15. The number of aryl methyl sites for hydroxylation is 1. The zero-order chi connectivity index (χ0) is 30.1. The third kappa shape index (κ3) is 8.43. The van der Waals surface area contributed by atoms with Gasteiger partial charge in [-0.15, -0.1) is 0 Å². The van der Waals surface area contributed by atoms with Crippen molar-refractivity contribution in [3.63, 3.8) is 0 Å². The molecular formula is C33H27Cl3N2O4. The van der Waals surface area contributed by atoms with E-state index in [1.807, 2.05) is 44.2 Å². The summed E-state index contributed by atoms with van der Waals surface area (Å²) < 4.78 is 17.5. The van der Waals surface area contributed by atoms with Crippen molar-refractivity contribution >= 4 is 52.5 Å². The van der Waals surface area contributed by atoms with E-state index in [4.69, 9.17) is 49.0 Å². The van der Waals surface area contributed by atoms with Crippen molar-refractivity contribution in [2.24, 2.45) is 0 Å². The highest BCUT2D eigenvalue weighted by Gasteiger charge is 2.15. The van der Waals surface area contributed by atoms with Crippen LogP contribution in [0.3, 0.4) is 0 Å². The van der Waals surface area contributed by atoms with Crippen LogP contribution in [0.25, 0.3) is 6.08 Å². The Bertz CT molecular complexity index is 1650. The number of nitrogens with one attached hydrogen (secondary N) is 1. The average Bonchev–Trinajstić information content (AvgIpc) is 2.96. The Morgan fingerprint density at radius 3 is 2.38 bits per heavy atom. The summed E-state index contributed by atoms with van der Waals surface area (Å²) in [5, 5.41) is 13.8. The Balaban J connectivity index is 1.43. The molecule has 0 saturated heterocycles. The van der Waals surface area contributed by atoms with Gasteiger partial charge in [0.15, 0.2) is 11.5 Å². The monoisotopic (exact) mass is 620 g/mol.